The molecule has 1 unspecified atom stereocenters. The standard InChI is InChI=1S/C28H35NO5/c1-6-8-9-16-29-25(20-10-13-22(14-11-20)33-7-2)24(27(31)28(29)32)26(30)21-12-15-23(19(5)17-21)34-18(3)4/h10-15,17-18,25,30H,6-9,16H2,1-5H3/b26-24-. The summed E-state index contributed by atoms with van der Waals surface area (Å²) in [4.78, 5) is 27.8. The monoisotopic (exact) mass is 465 g/mol. The molecule has 0 bridgehead atoms. The smallest absolute Gasteiger partial charge is 0.295 e. The van der Waals surface area contributed by atoms with Crippen LogP contribution in [0.1, 0.15) is 69.7 Å². The average Bonchev–Trinajstić information content (AvgIpc) is 3.05. The van der Waals surface area contributed by atoms with Gasteiger partial charge in [-0.05, 0) is 75.6 Å². The van der Waals surface area contributed by atoms with Gasteiger partial charge in [-0.1, -0.05) is 31.9 Å². The number of hydrogen-bond donors (Lipinski definition) is 1. The highest BCUT2D eigenvalue weighted by molar-refractivity contribution is 6.46. The van der Waals surface area contributed by atoms with Gasteiger partial charge in [0.05, 0.1) is 24.3 Å². The Kier molecular flexibility index (Phi) is 8.37. The number of aliphatic hydroxyl groups excluding tert-OH is 1. The minimum atomic E-state index is -0.659. The SMILES string of the molecule is CCCCCN1C(=O)C(=O)/C(=C(\O)c2ccc(OC(C)C)c(C)c2)C1c1ccc(OCC)cc1. The van der Waals surface area contributed by atoms with Crippen molar-refractivity contribution in [1.82, 2.24) is 4.90 Å². The van der Waals surface area contributed by atoms with Crippen LogP contribution < -0.4 is 9.47 Å². The molecule has 0 spiro atoms. The molecule has 0 saturated carbocycles. The lowest BCUT2D eigenvalue weighted by Crippen LogP contribution is -2.30. The Morgan fingerprint density at radius 1 is 1.06 bits per heavy atom. The molecule has 6 nitrogen and oxygen atoms in total. The van der Waals surface area contributed by atoms with Crippen LogP contribution in [-0.2, 0) is 9.59 Å². The molecule has 1 amide bonds. The third-order valence-electron chi connectivity index (χ3n) is 5.86. The van der Waals surface area contributed by atoms with Crippen LogP contribution in [0, 0.1) is 6.92 Å². The van der Waals surface area contributed by atoms with Crippen molar-refractivity contribution < 1.29 is 24.2 Å². The summed E-state index contributed by atoms with van der Waals surface area (Å²) in [5, 5.41) is 11.3. The van der Waals surface area contributed by atoms with Crippen LogP contribution in [0.4, 0.5) is 0 Å². The molecule has 1 saturated heterocycles. The average molecular weight is 466 g/mol. The number of aliphatic hydroxyl groups is 1. The zero-order valence-electron chi connectivity index (χ0n) is 20.8. The van der Waals surface area contributed by atoms with Crippen LogP contribution in [0.5, 0.6) is 11.5 Å². The van der Waals surface area contributed by atoms with Crippen molar-refractivity contribution >= 4 is 17.4 Å². The first-order valence-corrected chi connectivity index (χ1v) is 12.1. The Morgan fingerprint density at radius 3 is 2.35 bits per heavy atom. The van der Waals surface area contributed by atoms with Crippen LogP contribution in [0.15, 0.2) is 48.0 Å². The summed E-state index contributed by atoms with van der Waals surface area (Å²) in [6.07, 6.45) is 2.76. The summed E-state index contributed by atoms with van der Waals surface area (Å²) in [6, 6.07) is 12.0. The van der Waals surface area contributed by atoms with Gasteiger partial charge >= 0.3 is 0 Å². The van der Waals surface area contributed by atoms with Gasteiger partial charge in [-0.15, -0.1) is 0 Å². The Labute approximate surface area is 202 Å². The number of ether oxygens (including phenoxy) is 2. The number of ketones is 1. The Hall–Kier alpha value is -3.28. The van der Waals surface area contributed by atoms with Crippen molar-refractivity contribution in [2.45, 2.75) is 66.0 Å². The maximum Gasteiger partial charge on any atom is 0.295 e. The van der Waals surface area contributed by atoms with E-state index in [2.05, 4.69) is 6.92 Å². The summed E-state index contributed by atoms with van der Waals surface area (Å²) >= 11 is 0. The van der Waals surface area contributed by atoms with Crippen LogP contribution in [0.3, 0.4) is 0 Å². The molecule has 0 radical (unpaired) electrons. The zero-order chi connectivity index (χ0) is 24.8. The van der Waals surface area contributed by atoms with Crippen molar-refractivity contribution in [1.29, 1.82) is 0 Å². The van der Waals surface area contributed by atoms with Gasteiger partial charge in [-0.2, -0.15) is 0 Å². The molecule has 2 aromatic carbocycles. The molecule has 182 valence electrons. The highest BCUT2D eigenvalue weighted by Crippen LogP contribution is 2.40. The van der Waals surface area contributed by atoms with E-state index in [0.717, 1.165) is 36.1 Å². The number of nitrogens with zero attached hydrogens (tertiary/aromatic N) is 1. The summed E-state index contributed by atoms with van der Waals surface area (Å²) in [7, 11) is 0. The fourth-order valence-electron chi connectivity index (χ4n) is 4.24. The maximum absolute atomic E-state index is 13.2. The number of aryl methyl sites for hydroxylation is 1. The summed E-state index contributed by atoms with van der Waals surface area (Å²) in [6.45, 7) is 10.8. The second-order valence-corrected chi connectivity index (χ2v) is 8.85. The number of carbonyl (C=O) groups excluding carboxylic acids is 2. The van der Waals surface area contributed by atoms with Gasteiger partial charge in [0.25, 0.3) is 11.7 Å². The second-order valence-electron chi connectivity index (χ2n) is 8.85. The van der Waals surface area contributed by atoms with Crippen molar-refractivity contribution in [2.24, 2.45) is 0 Å². The molecule has 34 heavy (non-hydrogen) atoms. The molecule has 1 atom stereocenters. The van der Waals surface area contributed by atoms with Gasteiger partial charge in [0, 0.05) is 12.1 Å². The molecular weight excluding hydrogens is 430 g/mol. The number of rotatable bonds is 10. The Bertz CT molecular complexity index is 1050. The maximum atomic E-state index is 13.2. The van der Waals surface area contributed by atoms with Crippen LogP contribution in [-0.4, -0.2) is 41.0 Å². The van der Waals surface area contributed by atoms with Crippen molar-refractivity contribution in [3.05, 3.63) is 64.7 Å². The minimum Gasteiger partial charge on any atom is -0.507 e. The highest BCUT2D eigenvalue weighted by Gasteiger charge is 2.45. The molecule has 0 aromatic heterocycles. The first kappa shape index (κ1) is 25.3. The van der Waals surface area contributed by atoms with E-state index in [1.165, 1.54) is 0 Å². The van der Waals surface area contributed by atoms with Crippen molar-refractivity contribution in [3.63, 3.8) is 0 Å². The van der Waals surface area contributed by atoms with Crippen LogP contribution >= 0.6 is 0 Å². The molecule has 1 N–H and O–H groups in total. The van der Waals surface area contributed by atoms with Crippen LogP contribution in [0.2, 0.25) is 0 Å². The van der Waals surface area contributed by atoms with E-state index >= 15 is 0 Å². The number of benzene rings is 2. The van der Waals surface area contributed by atoms with Gasteiger partial charge in [-0.3, -0.25) is 9.59 Å². The van der Waals surface area contributed by atoms with E-state index in [1.54, 1.807) is 23.1 Å². The molecule has 3 rings (SSSR count). The molecule has 2 aromatic rings. The van der Waals surface area contributed by atoms with E-state index in [9.17, 15) is 14.7 Å². The van der Waals surface area contributed by atoms with Crippen LogP contribution in [0.25, 0.3) is 5.76 Å². The topological polar surface area (TPSA) is 76.1 Å². The lowest BCUT2D eigenvalue weighted by Gasteiger charge is -2.25. The highest BCUT2D eigenvalue weighted by atomic mass is 16.5. The molecule has 1 heterocycles. The minimum absolute atomic E-state index is 0.0197. The summed E-state index contributed by atoms with van der Waals surface area (Å²) < 4.78 is 11.3. The predicted octanol–water partition coefficient (Wildman–Crippen LogP) is 5.79. The molecular formula is C28H35NO5. The van der Waals surface area contributed by atoms with E-state index < -0.39 is 17.7 Å². The number of hydrogen-bond acceptors (Lipinski definition) is 5. The number of Topliss-reactive ketones (excluding diaryl/α,β-unsaturated/α-hetero) is 1. The summed E-state index contributed by atoms with van der Waals surface area (Å²) in [5.41, 5.74) is 2.20. The van der Waals surface area contributed by atoms with E-state index in [1.807, 2.05) is 52.0 Å². The fourth-order valence-corrected chi connectivity index (χ4v) is 4.24. The number of carbonyl (C=O) groups is 2. The number of likely N-dealkylation sites (tertiary alicyclic amines) is 1. The van der Waals surface area contributed by atoms with Gasteiger partial charge < -0.3 is 19.5 Å². The van der Waals surface area contributed by atoms with E-state index in [0.29, 0.717) is 24.5 Å². The van der Waals surface area contributed by atoms with Gasteiger partial charge in [-0.25, -0.2) is 0 Å². The van der Waals surface area contributed by atoms with Gasteiger partial charge in [0.15, 0.2) is 0 Å². The quantitative estimate of drug-likeness (QED) is 0.208. The molecule has 1 fully saturated rings. The van der Waals surface area contributed by atoms with E-state index in [4.69, 9.17) is 9.47 Å². The van der Waals surface area contributed by atoms with E-state index in [-0.39, 0.29) is 17.4 Å². The molecule has 1 aliphatic rings. The third-order valence-corrected chi connectivity index (χ3v) is 5.86. The second kappa shape index (κ2) is 11.2. The lowest BCUT2D eigenvalue weighted by atomic mass is 9.94. The molecule has 1 aliphatic heterocycles. The van der Waals surface area contributed by atoms with Crippen molar-refractivity contribution in [2.75, 3.05) is 13.2 Å². The molecule has 0 aliphatic carbocycles. The normalized spacial score (nSPS) is 17.5. The predicted molar refractivity (Wildman–Crippen MR) is 133 cm³/mol. The first-order chi connectivity index (χ1) is 16.3. The number of unbranched alkanes of at least 4 members (excludes halogenated alkanes) is 2. The molecule has 6 heteroatoms. The largest absolute Gasteiger partial charge is 0.507 e. The van der Waals surface area contributed by atoms with Gasteiger partial charge in [0.2, 0.25) is 0 Å². The Morgan fingerprint density at radius 2 is 1.76 bits per heavy atom. The summed E-state index contributed by atoms with van der Waals surface area (Å²) in [5.74, 6) is 0.0238. The lowest BCUT2D eigenvalue weighted by molar-refractivity contribution is -0.139. The third kappa shape index (κ3) is 5.44. The zero-order valence-corrected chi connectivity index (χ0v) is 20.8. The first-order valence-electron chi connectivity index (χ1n) is 12.1. The van der Waals surface area contributed by atoms with Gasteiger partial charge in [0.1, 0.15) is 17.3 Å². The fraction of sp³-hybridized carbons (Fsp3) is 0.429. The van der Waals surface area contributed by atoms with Crippen molar-refractivity contribution in [3.8, 4) is 11.5 Å². The Balaban J connectivity index is 2.07. The number of amides is 1.